The zero-order valence-corrected chi connectivity index (χ0v) is 22.7. The summed E-state index contributed by atoms with van der Waals surface area (Å²) in [6.07, 6.45) is 5.55. The van der Waals surface area contributed by atoms with E-state index in [0.717, 1.165) is 41.3 Å². The molecule has 2 fully saturated rings. The van der Waals surface area contributed by atoms with Gasteiger partial charge in [-0.1, -0.05) is 42.5 Å². The minimum Gasteiger partial charge on any atom is -0.388 e. The SMILES string of the molecule is O=C([C@@H]1CCN(Cc2cccc(F)c2)C[C@H]1c1ccccc1)N1CCC(O)(CN2C=c3ncccc3=NC2)CC1. The average molecular weight is 542 g/mol. The third-order valence-electron chi connectivity index (χ3n) is 8.58. The lowest BCUT2D eigenvalue weighted by Gasteiger charge is -2.44. The smallest absolute Gasteiger partial charge is 0.226 e. The first-order chi connectivity index (χ1) is 19.5. The number of nitrogens with zero attached hydrogens (tertiary/aromatic N) is 5. The first kappa shape index (κ1) is 26.6. The molecule has 3 aliphatic rings. The third kappa shape index (κ3) is 5.93. The van der Waals surface area contributed by atoms with E-state index in [9.17, 15) is 14.3 Å². The van der Waals surface area contributed by atoms with Crippen molar-refractivity contribution in [3.05, 3.63) is 101 Å². The van der Waals surface area contributed by atoms with E-state index in [-0.39, 0.29) is 23.6 Å². The Kier molecular flexibility index (Phi) is 7.63. The molecule has 2 aromatic carbocycles. The molecule has 7 nitrogen and oxygen atoms in total. The lowest BCUT2D eigenvalue weighted by Crippen LogP contribution is -2.54. The van der Waals surface area contributed by atoms with Crippen LogP contribution in [0, 0.1) is 11.7 Å². The summed E-state index contributed by atoms with van der Waals surface area (Å²) >= 11 is 0. The number of amides is 1. The summed E-state index contributed by atoms with van der Waals surface area (Å²) in [7, 11) is 0. The number of likely N-dealkylation sites (tertiary alicyclic amines) is 2. The molecule has 40 heavy (non-hydrogen) atoms. The second-order valence-corrected chi connectivity index (χ2v) is 11.4. The topological polar surface area (TPSA) is 72.3 Å². The number of piperidine rings is 2. The van der Waals surface area contributed by atoms with Crippen molar-refractivity contribution in [1.29, 1.82) is 0 Å². The quantitative estimate of drug-likeness (QED) is 0.520. The van der Waals surface area contributed by atoms with Crippen molar-refractivity contribution in [3.63, 3.8) is 0 Å². The summed E-state index contributed by atoms with van der Waals surface area (Å²) in [6.45, 7) is 4.26. The zero-order chi connectivity index (χ0) is 27.5. The fourth-order valence-electron chi connectivity index (χ4n) is 6.42. The van der Waals surface area contributed by atoms with Gasteiger partial charge >= 0.3 is 0 Å². The Balaban J connectivity index is 1.11. The van der Waals surface area contributed by atoms with E-state index in [2.05, 4.69) is 27.0 Å². The van der Waals surface area contributed by atoms with Crippen LogP contribution >= 0.6 is 0 Å². The number of carbonyl (C=O) groups excluding carboxylic acids is 1. The molecule has 2 saturated heterocycles. The van der Waals surface area contributed by atoms with Gasteiger partial charge in [-0.25, -0.2) is 4.39 Å². The van der Waals surface area contributed by atoms with E-state index < -0.39 is 5.60 Å². The number of carbonyl (C=O) groups is 1. The van der Waals surface area contributed by atoms with Gasteiger partial charge in [0.05, 0.1) is 11.0 Å². The van der Waals surface area contributed by atoms with Gasteiger partial charge in [0.2, 0.25) is 5.91 Å². The van der Waals surface area contributed by atoms with E-state index >= 15 is 0 Å². The zero-order valence-electron chi connectivity index (χ0n) is 22.7. The summed E-state index contributed by atoms with van der Waals surface area (Å²) in [5.41, 5.74) is 1.24. The maximum Gasteiger partial charge on any atom is 0.226 e. The Labute approximate surface area is 234 Å². The normalized spacial score (nSPS) is 22.6. The molecule has 0 saturated carbocycles. The number of rotatable bonds is 6. The van der Waals surface area contributed by atoms with Gasteiger partial charge in [0, 0.05) is 57.0 Å². The molecule has 2 atom stereocenters. The largest absolute Gasteiger partial charge is 0.388 e. The van der Waals surface area contributed by atoms with E-state index in [1.165, 1.54) is 6.07 Å². The highest BCUT2D eigenvalue weighted by Crippen LogP contribution is 2.36. The van der Waals surface area contributed by atoms with E-state index in [4.69, 9.17) is 0 Å². The van der Waals surface area contributed by atoms with Gasteiger partial charge in [-0.2, -0.15) is 0 Å². The van der Waals surface area contributed by atoms with E-state index in [0.29, 0.717) is 45.7 Å². The van der Waals surface area contributed by atoms with Crippen molar-refractivity contribution in [2.24, 2.45) is 10.9 Å². The number of β-amino-alcohol motifs (C(OH)–C–C–N with tert-alkyl or cyclic N) is 1. The first-order valence-corrected chi connectivity index (χ1v) is 14.2. The predicted octanol–water partition coefficient (Wildman–Crippen LogP) is 2.51. The van der Waals surface area contributed by atoms with Crippen molar-refractivity contribution in [2.45, 2.75) is 37.3 Å². The fourth-order valence-corrected chi connectivity index (χ4v) is 6.42. The molecule has 6 rings (SSSR count). The summed E-state index contributed by atoms with van der Waals surface area (Å²) in [4.78, 5) is 29.2. The van der Waals surface area contributed by atoms with Crippen LogP contribution in [0.3, 0.4) is 0 Å². The van der Waals surface area contributed by atoms with Crippen LogP contribution in [0.1, 0.15) is 36.3 Å². The number of halogens is 1. The number of hydrogen-bond donors (Lipinski definition) is 1. The molecular formula is C32H36FN5O2. The Morgan fingerprint density at radius 2 is 1.85 bits per heavy atom. The Bertz CT molecular complexity index is 1460. The van der Waals surface area contributed by atoms with Crippen LogP contribution in [0.2, 0.25) is 0 Å². The van der Waals surface area contributed by atoms with Crippen LogP contribution in [0.5, 0.6) is 0 Å². The van der Waals surface area contributed by atoms with Crippen molar-refractivity contribution in [3.8, 4) is 0 Å². The second-order valence-electron chi connectivity index (χ2n) is 11.4. The van der Waals surface area contributed by atoms with Crippen LogP contribution in [-0.2, 0) is 11.3 Å². The minimum atomic E-state index is -0.873. The Hall–Kier alpha value is -3.62. The van der Waals surface area contributed by atoms with Gasteiger partial charge in [0.25, 0.3) is 0 Å². The first-order valence-electron chi connectivity index (χ1n) is 14.2. The molecule has 4 heterocycles. The molecule has 0 unspecified atom stereocenters. The summed E-state index contributed by atoms with van der Waals surface area (Å²) in [6, 6.07) is 20.9. The van der Waals surface area contributed by atoms with Crippen LogP contribution in [-0.4, -0.2) is 75.7 Å². The molecule has 1 N–H and O–H groups in total. The van der Waals surface area contributed by atoms with Gasteiger partial charge in [0.1, 0.15) is 17.8 Å². The van der Waals surface area contributed by atoms with Gasteiger partial charge in [-0.15, -0.1) is 0 Å². The Morgan fingerprint density at radius 1 is 1.02 bits per heavy atom. The maximum atomic E-state index is 13.9. The maximum absolute atomic E-state index is 13.9. The number of benzene rings is 2. The lowest BCUT2D eigenvalue weighted by atomic mass is 9.79. The van der Waals surface area contributed by atoms with Crippen molar-refractivity contribution < 1.29 is 14.3 Å². The average Bonchev–Trinajstić information content (AvgIpc) is 2.97. The van der Waals surface area contributed by atoms with Crippen molar-refractivity contribution >= 4 is 12.1 Å². The summed E-state index contributed by atoms with van der Waals surface area (Å²) < 4.78 is 13.8. The molecule has 0 radical (unpaired) electrons. The summed E-state index contributed by atoms with van der Waals surface area (Å²) in [5, 5.41) is 13.1. The van der Waals surface area contributed by atoms with Gasteiger partial charge in [-0.3, -0.25) is 19.7 Å². The monoisotopic (exact) mass is 541 g/mol. The number of pyridine rings is 1. The third-order valence-corrected chi connectivity index (χ3v) is 8.58. The molecule has 0 spiro atoms. The molecule has 8 heteroatoms. The molecule has 0 bridgehead atoms. The van der Waals surface area contributed by atoms with Crippen LogP contribution in [0.15, 0.2) is 77.9 Å². The molecule has 1 aromatic heterocycles. The van der Waals surface area contributed by atoms with Gasteiger partial charge in [-0.05, 0) is 61.2 Å². The number of hydrogen-bond acceptors (Lipinski definition) is 6. The number of fused-ring (bicyclic) bond motifs is 1. The molecule has 208 valence electrons. The minimum absolute atomic E-state index is 0.0638. The predicted molar refractivity (Wildman–Crippen MR) is 151 cm³/mol. The van der Waals surface area contributed by atoms with Crippen molar-refractivity contribution in [2.75, 3.05) is 39.4 Å². The Morgan fingerprint density at radius 3 is 2.65 bits per heavy atom. The van der Waals surface area contributed by atoms with Crippen LogP contribution < -0.4 is 10.7 Å². The van der Waals surface area contributed by atoms with Crippen molar-refractivity contribution in [1.82, 2.24) is 19.7 Å². The lowest BCUT2D eigenvalue weighted by molar-refractivity contribution is -0.142. The molecule has 3 aromatic rings. The van der Waals surface area contributed by atoms with E-state index in [1.54, 1.807) is 18.3 Å². The van der Waals surface area contributed by atoms with E-state index in [1.807, 2.05) is 52.4 Å². The fraction of sp³-hybridized carbons (Fsp3) is 0.406. The molecule has 0 aliphatic carbocycles. The highest BCUT2D eigenvalue weighted by molar-refractivity contribution is 5.80. The molecule has 1 amide bonds. The van der Waals surface area contributed by atoms with Crippen LogP contribution in [0.4, 0.5) is 4.39 Å². The van der Waals surface area contributed by atoms with Crippen LogP contribution in [0.25, 0.3) is 6.20 Å². The highest BCUT2D eigenvalue weighted by Gasteiger charge is 2.41. The number of aliphatic hydroxyl groups is 1. The standard InChI is InChI=1S/C32H36FN5O2/c33-26-9-4-6-24(18-26)19-36-15-11-27(28(20-36)25-7-2-1-3-8-25)31(39)38-16-12-32(40,13-17-38)22-37-21-30-29(35-23-37)10-5-14-34-30/h1-10,14,18,21,27-28,40H,11-13,15-17,19-20,22-23H2/t27-,28+/m1/s1. The van der Waals surface area contributed by atoms with Gasteiger partial charge in [0.15, 0.2) is 0 Å². The second kappa shape index (κ2) is 11.5. The number of aromatic nitrogens is 1. The highest BCUT2D eigenvalue weighted by atomic mass is 19.1. The molecular weight excluding hydrogens is 505 g/mol. The molecule has 3 aliphatic heterocycles. The van der Waals surface area contributed by atoms with Gasteiger partial charge < -0.3 is 14.9 Å². The summed E-state index contributed by atoms with van der Waals surface area (Å²) in [5.74, 6) is -0.0941.